The average molecular weight is 715 g/mol. The smallest absolute Gasteiger partial charge is 0.303 e. The number of allylic oxidation sites excluding steroid dienone is 4. The van der Waals surface area contributed by atoms with Crippen molar-refractivity contribution in [2.75, 3.05) is 6.61 Å². The van der Waals surface area contributed by atoms with Crippen LogP contribution in [0.2, 0.25) is 0 Å². The predicted octanol–water partition coefficient (Wildman–Crippen LogP) is 9.05. The number of hydrogen-bond donors (Lipinski definition) is 3. The van der Waals surface area contributed by atoms with Crippen LogP contribution in [0.4, 0.5) is 0 Å². The summed E-state index contributed by atoms with van der Waals surface area (Å²) in [6, 6.07) is 0. The molecule has 0 aromatic carbocycles. The van der Waals surface area contributed by atoms with E-state index in [1.807, 2.05) is 6.08 Å². The summed E-state index contributed by atoms with van der Waals surface area (Å²) in [7, 11) is 0. The van der Waals surface area contributed by atoms with Gasteiger partial charge >= 0.3 is 5.97 Å². The Hall–Kier alpha value is -1.87. The SMILES string of the molecule is CCCC1O[C@@H]2C[C@H]3[C@@H]4CCC5=CC(=O)C=C[C@]5(C)[C@H]4[C@@H](O)C[C@]3(C)[C@]2(C(=O)CO)O1.CCCCCCCCCCCCCCCCCC(=O)O. The fourth-order valence-corrected chi connectivity index (χ4v) is 10.8. The molecule has 0 amide bonds. The van der Waals surface area contributed by atoms with E-state index in [0.29, 0.717) is 25.7 Å². The van der Waals surface area contributed by atoms with Crippen molar-refractivity contribution in [2.24, 2.45) is 28.6 Å². The van der Waals surface area contributed by atoms with Crippen LogP contribution in [0.15, 0.2) is 23.8 Å². The van der Waals surface area contributed by atoms with Gasteiger partial charge in [0.05, 0.1) is 12.2 Å². The van der Waals surface area contributed by atoms with Gasteiger partial charge in [-0.2, -0.15) is 0 Å². The van der Waals surface area contributed by atoms with E-state index in [1.165, 1.54) is 83.5 Å². The Morgan fingerprint density at radius 1 is 0.882 bits per heavy atom. The minimum atomic E-state index is -1.20. The zero-order chi connectivity index (χ0) is 37.1. The van der Waals surface area contributed by atoms with Gasteiger partial charge in [-0.15, -0.1) is 0 Å². The van der Waals surface area contributed by atoms with Crippen LogP contribution < -0.4 is 0 Å². The molecule has 1 heterocycles. The molecule has 9 atom stereocenters. The number of hydrogen-bond acceptors (Lipinski definition) is 7. The number of carbonyl (C=O) groups excluding carboxylic acids is 2. The third kappa shape index (κ3) is 9.45. The minimum absolute atomic E-state index is 0.0125. The first-order valence-corrected chi connectivity index (χ1v) is 20.8. The normalized spacial score (nSPS) is 34.9. The van der Waals surface area contributed by atoms with Gasteiger partial charge in [-0.05, 0) is 62.5 Å². The fraction of sp³-hybridized carbons (Fsp3) is 0.837. The van der Waals surface area contributed by atoms with Crippen molar-refractivity contribution in [3.63, 3.8) is 0 Å². The maximum absolute atomic E-state index is 13.2. The lowest BCUT2D eigenvalue weighted by molar-refractivity contribution is -0.200. The second kappa shape index (κ2) is 19.5. The van der Waals surface area contributed by atoms with E-state index in [2.05, 4.69) is 27.7 Å². The van der Waals surface area contributed by atoms with E-state index in [-0.39, 0.29) is 34.7 Å². The van der Waals surface area contributed by atoms with Crippen LogP contribution in [0.25, 0.3) is 0 Å². The van der Waals surface area contributed by atoms with Crippen molar-refractivity contribution < 1.29 is 39.2 Å². The Bertz CT molecular complexity index is 1210. The van der Waals surface area contributed by atoms with Gasteiger partial charge in [0.1, 0.15) is 6.61 Å². The van der Waals surface area contributed by atoms with Gasteiger partial charge in [0.25, 0.3) is 0 Å². The molecule has 1 aliphatic heterocycles. The lowest BCUT2D eigenvalue weighted by atomic mass is 9.46. The molecular weight excluding hydrogens is 644 g/mol. The summed E-state index contributed by atoms with van der Waals surface area (Å²) in [4.78, 5) is 35.5. The summed E-state index contributed by atoms with van der Waals surface area (Å²) in [6.45, 7) is 7.94. The minimum Gasteiger partial charge on any atom is -0.481 e. The van der Waals surface area contributed by atoms with Gasteiger partial charge in [-0.1, -0.05) is 136 Å². The monoisotopic (exact) mass is 715 g/mol. The summed E-state index contributed by atoms with van der Waals surface area (Å²) in [5.41, 5.74) is -1.05. The standard InChI is InChI=1S/C25H34O6.C18H36O2/c1-4-5-21-30-20-11-17-16-7-6-14-10-15(27)8-9-23(14,2)22(16)18(28)12-24(17,3)25(20,31-21)19(29)13-26;1-2-3-4-5-6-7-8-9-10-11-12-13-14-15-16-17-18(19)20/h8-10,16-18,20-22,26,28H,4-7,11-13H2,1-3H3;2-17H2,1H3,(H,19,20)/t16-,17-,18-,20+,21?,22+,23-,24-,25+;/m0./s1. The van der Waals surface area contributed by atoms with Gasteiger partial charge < -0.3 is 24.8 Å². The van der Waals surface area contributed by atoms with Gasteiger partial charge in [0.2, 0.25) is 0 Å². The fourth-order valence-electron chi connectivity index (χ4n) is 10.8. The van der Waals surface area contributed by atoms with Crippen LogP contribution in [-0.4, -0.2) is 63.6 Å². The first-order valence-electron chi connectivity index (χ1n) is 20.8. The van der Waals surface area contributed by atoms with Crippen molar-refractivity contribution in [3.05, 3.63) is 23.8 Å². The molecule has 8 heteroatoms. The lowest BCUT2D eigenvalue weighted by Crippen LogP contribution is -2.63. The topological polar surface area (TPSA) is 130 Å². The quantitative estimate of drug-likeness (QED) is 0.107. The van der Waals surface area contributed by atoms with Gasteiger partial charge in [0.15, 0.2) is 23.5 Å². The molecule has 3 saturated carbocycles. The first-order chi connectivity index (χ1) is 24.5. The van der Waals surface area contributed by atoms with Crippen molar-refractivity contribution in [1.82, 2.24) is 0 Å². The third-order valence-electron chi connectivity index (χ3n) is 13.4. The lowest BCUT2D eigenvalue weighted by Gasteiger charge is -2.59. The summed E-state index contributed by atoms with van der Waals surface area (Å²) < 4.78 is 12.7. The molecule has 1 unspecified atom stereocenters. The second-order valence-electron chi connectivity index (χ2n) is 16.8. The number of aliphatic hydroxyl groups excluding tert-OH is 2. The van der Waals surface area contributed by atoms with Gasteiger partial charge in [0, 0.05) is 23.2 Å². The number of unbranched alkanes of at least 4 members (excludes halogenated alkanes) is 14. The van der Waals surface area contributed by atoms with Crippen LogP contribution in [0.5, 0.6) is 0 Å². The van der Waals surface area contributed by atoms with Crippen LogP contribution in [-0.2, 0) is 23.9 Å². The number of Topliss-reactive ketones (excluding diaryl/α,β-unsaturated/α-hetero) is 1. The number of rotatable bonds is 20. The number of carboxylic acids is 1. The van der Waals surface area contributed by atoms with Crippen LogP contribution in [0.1, 0.15) is 169 Å². The predicted molar refractivity (Wildman–Crippen MR) is 200 cm³/mol. The molecule has 290 valence electrons. The van der Waals surface area contributed by atoms with E-state index < -0.39 is 42.1 Å². The zero-order valence-electron chi connectivity index (χ0n) is 32.3. The number of fused-ring (bicyclic) bond motifs is 7. The molecule has 4 aliphatic carbocycles. The van der Waals surface area contributed by atoms with Gasteiger partial charge in [-0.25, -0.2) is 0 Å². The molecule has 3 N–H and O–H groups in total. The summed E-state index contributed by atoms with van der Waals surface area (Å²) >= 11 is 0. The molecule has 4 fully saturated rings. The highest BCUT2D eigenvalue weighted by atomic mass is 16.7. The highest BCUT2D eigenvalue weighted by Crippen LogP contribution is 2.69. The number of ketones is 2. The molecule has 0 spiro atoms. The highest BCUT2D eigenvalue weighted by Gasteiger charge is 2.75. The molecule has 51 heavy (non-hydrogen) atoms. The van der Waals surface area contributed by atoms with Crippen LogP contribution >= 0.6 is 0 Å². The zero-order valence-corrected chi connectivity index (χ0v) is 32.3. The van der Waals surface area contributed by atoms with Crippen LogP contribution in [0, 0.1) is 28.6 Å². The summed E-state index contributed by atoms with van der Waals surface area (Å²) in [5.74, 6) is -0.626. The molecule has 1 saturated heterocycles. The van der Waals surface area contributed by atoms with Gasteiger partial charge in [-0.3, -0.25) is 14.4 Å². The Morgan fingerprint density at radius 3 is 2.02 bits per heavy atom. The summed E-state index contributed by atoms with van der Waals surface area (Å²) in [6.07, 6.45) is 28.5. The van der Waals surface area contributed by atoms with E-state index in [4.69, 9.17) is 14.6 Å². The number of carbonyl (C=O) groups is 3. The Labute approximate surface area is 308 Å². The largest absolute Gasteiger partial charge is 0.481 e. The van der Waals surface area contributed by atoms with Crippen molar-refractivity contribution in [2.45, 2.75) is 193 Å². The molecule has 0 aromatic heterocycles. The Morgan fingerprint density at radius 2 is 1.47 bits per heavy atom. The number of carboxylic acid groups (broad SMARTS) is 1. The molecular formula is C43H70O8. The van der Waals surface area contributed by atoms with Crippen molar-refractivity contribution in [3.8, 4) is 0 Å². The molecule has 8 nitrogen and oxygen atoms in total. The van der Waals surface area contributed by atoms with E-state index >= 15 is 0 Å². The average Bonchev–Trinajstić information content (AvgIpc) is 3.58. The molecule has 0 aromatic rings. The highest BCUT2D eigenvalue weighted by molar-refractivity contribution is 6.01. The Balaban J connectivity index is 0.000000255. The summed E-state index contributed by atoms with van der Waals surface area (Å²) in [5, 5.41) is 29.9. The molecule has 5 aliphatic rings. The molecule has 0 bridgehead atoms. The van der Waals surface area contributed by atoms with E-state index in [9.17, 15) is 24.6 Å². The maximum atomic E-state index is 13.2. The van der Waals surface area contributed by atoms with E-state index in [1.54, 1.807) is 12.2 Å². The van der Waals surface area contributed by atoms with Crippen molar-refractivity contribution >= 4 is 17.5 Å². The second-order valence-corrected chi connectivity index (χ2v) is 16.8. The number of ether oxygens (including phenoxy) is 2. The third-order valence-corrected chi connectivity index (χ3v) is 13.4. The molecule has 0 radical (unpaired) electrons. The first kappa shape index (κ1) is 41.9. The number of aliphatic carboxylic acids is 1. The van der Waals surface area contributed by atoms with Crippen molar-refractivity contribution in [1.29, 1.82) is 0 Å². The number of aliphatic hydroxyl groups is 2. The van der Waals surface area contributed by atoms with E-state index in [0.717, 1.165) is 37.7 Å². The Kier molecular flexibility index (Phi) is 16.0. The maximum Gasteiger partial charge on any atom is 0.303 e. The van der Waals surface area contributed by atoms with Crippen LogP contribution in [0.3, 0.4) is 0 Å². The molecule has 5 rings (SSSR count).